The third-order valence-electron chi connectivity index (χ3n) is 3.90. The van der Waals surface area contributed by atoms with Gasteiger partial charge in [-0.15, -0.1) is 0 Å². The van der Waals surface area contributed by atoms with E-state index in [1.54, 1.807) is 37.3 Å². The molecular weight excluding hydrogens is 374 g/mol. The Hall–Kier alpha value is -3.94. The molecule has 0 unspecified atom stereocenters. The molecule has 0 aliphatic carbocycles. The molecule has 29 heavy (non-hydrogen) atoms. The topological polar surface area (TPSA) is 111 Å². The number of aryl methyl sites for hydroxylation is 2. The molecule has 2 aromatic carbocycles. The number of hydrogen-bond donors (Lipinski definition) is 2. The van der Waals surface area contributed by atoms with Gasteiger partial charge in [-0.25, -0.2) is 4.79 Å². The Morgan fingerprint density at radius 2 is 1.72 bits per heavy atom. The zero-order valence-electron chi connectivity index (χ0n) is 15.9. The van der Waals surface area contributed by atoms with Crippen molar-refractivity contribution >= 4 is 29.3 Å². The lowest BCUT2D eigenvalue weighted by Crippen LogP contribution is -2.21. The molecule has 0 radical (unpaired) electrons. The van der Waals surface area contributed by atoms with Crippen LogP contribution in [-0.4, -0.2) is 29.5 Å². The highest BCUT2D eigenvalue weighted by Gasteiger charge is 2.13. The average molecular weight is 393 g/mol. The van der Waals surface area contributed by atoms with E-state index in [0.717, 1.165) is 5.56 Å². The van der Waals surface area contributed by atoms with Crippen molar-refractivity contribution in [2.45, 2.75) is 13.8 Å². The molecule has 0 spiro atoms. The Morgan fingerprint density at radius 1 is 0.966 bits per heavy atom. The number of anilines is 2. The third kappa shape index (κ3) is 5.52. The first-order valence-electron chi connectivity index (χ1n) is 8.79. The van der Waals surface area contributed by atoms with E-state index < -0.39 is 18.5 Å². The first-order valence-corrected chi connectivity index (χ1v) is 8.79. The molecule has 3 aromatic rings. The van der Waals surface area contributed by atoms with E-state index in [4.69, 9.17) is 9.26 Å². The van der Waals surface area contributed by atoms with E-state index in [9.17, 15) is 14.4 Å². The van der Waals surface area contributed by atoms with Crippen LogP contribution in [0.3, 0.4) is 0 Å². The van der Waals surface area contributed by atoms with Crippen LogP contribution in [-0.2, 0) is 9.53 Å². The Balaban J connectivity index is 1.56. The Bertz CT molecular complexity index is 1040. The van der Waals surface area contributed by atoms with Gasteiger partial charge in [-0.2, -0.15) is 0 Å². The summed E-state index contributed by atoms with van der Waals surface area (Å²) < 4.78 is 9.84. The SMILES string of the molecule is Cc1ccc(C(=O)Nc2cccc(C(=O)OCC(=O)Nc3cc(C)on3)c2)cc1. The molecule has 0 saturated heterocycles. The quantitative estimate of drug-likeness (QED) is 0.622. The molecule has 1 heterocycles. The Kier molecular flexibility index (Phi) is 6.03. The zero-order chi connectivity index (χ0) is 20.8. The molecular formula is C21H19N3O5. The largest absolute Gasteiger partial charge is 0.452 e. The maximum atomic E-state index is 12.3. The Morgan fingerprint density at radius 3 is 2.41 bits per heavy atom. The van der Waals surface area contributed by atoms with E-state index in [0.29, 0.717) is 17.0 Å². The summed E-state index contributed by atoms with van der Waals surface area (Å²) in [5, 5.41) is 8.80. The first-order chi connectivity index (χ1) is 13.9. The number of ether oxygens (including phenoxy) is 1. The van der Waals surface area contributed by atoms with E-state index in [1.807, 2.05) is 19.1 Å². The molecule has 2 N–H and O–H groups in total. The standard InChI is InChI=1S/C21H19N3O5/c1-13-6-8-15(9-7-13)20(26)22-17-5-3-4-16(11-17)21(27)28-12-19(25)23-18-10-14(2)29-24-18/h3-11H,12H2,1-2H3,(H,22,26)(H,23,24,25). The van der Waals surface area contributed by atoms with Gasteiger partial charge in [0.1, 0.15) is 5.76 Å². The van der Waals surface area contributed by atoms with Gasteiger partial charge in [0.05, 0.1) is 5.56 Å². The summed E-state index contributed by atoms with van der Waals surface area (Å²) in [7, 11) is 0. The number of carbonyl (C=O) groups excluding carboxylic acids is 3. The second-order valence-corrected chi connectivity index (χ2v) is 6.35. The Labute approximate surface area is 166 Å². The minimum atomic E-state index is -0.692. The summed E-state index contributed by atoms with van der Waals surface area (Å²) in [4.78, 5) is 36.3. The van der Waals surface area contributed by atoms with E-state index in [1.165, 1.54) is 12.1 Å². The van der Waals surface area contributed by atoms with E-state index in [2.05, 4.69) is 15.8 Å². The van der Waals surface area contributed by atoms with Crippen molar-refractivity contribution in [2.24, 2.45) is 0 Å². The van der Waals surface area contributed by atoms with Crippen LogP contribution in [0.5, 0.6) is 0 Å². The molecule has 0 aliphatic heterocycles. The third-order valence-corrected chi connectivity index (χ3v) is 3.90. The van der Waals surface area contributed by atoms with Gasteiger partial charge in [0.2, 0.25) is 0 Å². The maximum Gasteiger partial charge on any atom is 0.338 e. The number of hydrogen-bond acceptors (Lipinski definition) is 6. The van der Waals surface area contributed by atoms with Gasteiger partial charge in [0, 0.05) is 17.3 Å². The summed E-state index contributed by atoms with van der Waals surface area (Å²) in [6.07, 6.45) is 0. The summed E-state index contributed by atoms with van der Waals surface area (Å²) in [6.45, 7) is 3.14. The van der Waals surface area contributed by atoms with E-state index >= 15 is 0 Å². The van der Waals surface area contributed by atoms with Crippen molar-refractivity contribution in [1.29, 1.82) is 0 Å². The molecule has 0 atom stereocenters. The van der Waals surface area contributed by atoms with Crippen LogP contribution in [0, 0.1) is 13.8 Å². The number of nitrogens with one attached hydrogen (secondary N) is 2. The number of amides is 2. The maximum absolute atomic E-state index is 12.3. The minimum absolute atomic E-state index is 0.205. The second kappa shape index (κ2) is 8.83. The van der Waals surface area contributed by atoms with Crippen molar-refractivity contribution in [3.63, 3.8) is 0 Å². The predicted molar refractivity (Wildman–Crippen MR) is 106 cm³/mol. The first kappa shape index (κ1) is 19.8. The highest BCUT2D eigenvalue weighted by molar-refractivity contribution is 6.05. The zero-order valence-corrected chi connectivity index (χ0v) is 15.9. The molecule has 8 nitrogen and oxygen atoms in total. The molecule has 3 rings (SSSR count). The van der Waals surface area contributed by atoms with E-state index in [-0.39, 0.29) is 17.3 Å². The monoisotopic (exact) mass is 393 g/mol. The van der Waals surface area contributed by atoms with Crippen LogP contribution < -0.4 is 10.6 Å². The molecule has 8 heteroatoms. The lowest BCUT2D eigenvalue weighted by atomic mass is 10.1. The number of rotatable bonds is 6. The lowest BCUT2D eigenvalue weighted by Gasteiger charge is -2.08. The van der Waals surface area contributed by atoms with Crippen LogP contribution in [0.15, 0.2) is 59.1 Å². The highest BCUT2D eigenvalue weighted by Crippen LogP contribution is 2.14. The average Bonchev–Trinajstić information content (AvgIpc) is 3.11. The normalized spacial score (nSPS) is 10.3. The fourth-order valence-electron chi connectivity index (χ4n) is 2.45. The number of nitrogens with zero attached hydrogens (tertiary/aromatic N) is 1. The number of esters is 1. The van der Waals surface area contributed by atoms with Gasteiger partial charge >= 0.3 is 5.97 Å². The van der Waals surface area contributed by atoms with Gasteiger partial charge in [-0.1, -0.05) is 28.9 Å². The number of aromatic nitrogens is 1. The number of benzene rings is 2. The van der Waals surface area contributed by atoms with Gasteiger partial charge in [0.25, 0.3) is 11.8 Å². The molecule has 2 amide bonds. The molecule has 0 saturated carbocycles. The summed E-state index contributed by atoms with van der Waals surface area (Å²) in [5.74, 6) is -0.748. The fraction of sp³-hybridized carbons (Fsp3) is 0.143. The minimum Gasteiger partial charge on any atom is -0.452 e. The van der Waals surface area contributed by atoms with Gasteiger partial charge in [-0.3, -0.25) is 9.59 Å². The fourth-order valence-corrected chi connectivity index (χ4v) is 2.45. The summed E-state index contributed by atoms with van der Waals surface area (Å²) >= 11 is 0. The van der Waals surface area contributed by atoms with Crippen molar-refractivity contribution in [2.75, 3.05) is 17.2 Å². The molecule has 0 bridgehead atoms. The second-order valence-electron chi connectivity index (χ2n) is 6.35. The smallest absolute Gasteiger partial charge is 0.338 e. The summed E-state index contributed by atoms with van der Waals surface area (Å²) in [6, 6.07) is 14.9. The van der Waals surface area contributed by atoms with Crippen LogP contribution in [0.4, 0.5) is 11.5 Å². The molecule has 0 fully saturated rings. The van der Waals surface area contributed by atoms with Crippen molar-refractivity contribution in [3.05, 3.63) is 77.0 Å². The lowest BCUT2D eigenvalue weighted by molar-refractivity contribution is -0.119. The van der Waals surface area contributed by atoms with Crippen molar-refractivity contribution < 1.29 is 23.6 Å². The van der Waals surface area contributed by atoms with Crippen LogP contribution >= 0.6 is 0 Å². The molecule has 148 valence electrons. The molecule has 0 aliphatic rings. The van der Waals surface area contributed by atoms with Gasteiger partial charge < -0.3 is 19.9 Å². The van der Waals surface area contributed by atoms with Crippen LogP contribution in [0.1, 0.15) is 32.0 Å². The van der Waals surface area contributed by atoms with Gasteiger partial charge in [-0.05, 0) is 44.2 Å². The van der Waals surface area contributed by atoms with Crippen molar-refractivity contribution in [3.8, 4) is 0 Å². The predicted octanol–water partition coefficient (Wildman–Crippen LogP) is 3.34. The highest BCUT2D eigenvalue weighted by atomic mass is 16.5. The van der Waals surface area contributed by atoms with Gasteiger partial charge in [0.15, 0.2) is 12.4 Å². The number of carbonyl (C=O) groups is 3. The van der Waals surface area contributed by atoms with Crippen molar-refractivity contribution in [1.82, 2.24) is 5.16 Å². The molecule has 1 aromatic heterocycles. The van der Waals surface area contributed by atoms with Crippen LogP contribution in [0.2, 0.25) is 0 Å². The van der Waals surface area contributed by atoms with Crippen LogP contribution in [0.25, 0.3) is 0 Å². The summed E-state index contributed by atoms with van der Waals surface area (Å²) in [5.41, 5.74) is 2.20.